The number of unbranched alkanes of at least 4 members (excludes halogenated alkanes) is 4. The molecule has 2 aromatic rings. The van der Waals surface area contributed by atoms with Crippen LogP contribution < -0.4 is 10.1 Å². The van der Waals surface area contributed by atoms with Crippen LogP contribution in [0.4, 0.5) is 0 Å². The first kappa shape index (κ1) is 24.2. The minimum absolute atomic E-state index is 0.150. The zero-order valence-electron chi connectivity index (χ0n) is 18.5. The van der Waals surface area contributed by atoms with Crippen LogP contribution in [0.1, 0.15) is 62.1 Å². The monoisotopic (exact) mass is 422 g/mol. The molecule has 0 saturated carbocycles. The number of nitrogens with zero attached hydrogens (tertiary/aromatic N) is 1. The number of aliphatic carboxylic acids is 1. The van der Waals surface area contributed by atoms with E-state index in [1.165, 1.54) is 25.7 Å². The second kappa shape index (κ2) is 14.0. The molecule has 5 nitrogen and oxygen atoms in total. The Balaban J connectivity index is 1.80. The molecule has 0 aliphatic heterocycles. The van der Waals surface area contributed by atoms with E-state index in [0.29, 0.717) is 13.0 Å². The maximum absolute atomic E-state index is 10.7. The molecule has 2 rings (SSSR count). The maximum Gasteiger partial charge on any atom is 0.303 e. The van der Waals surface area contributed by atoms with Crippen molar-refractivity contribution in [2.45, 2.75) is 58.4 Å². The van der Waals surface area contributed by atoms with Gasteiger partial charge in [-0.2, -0.15) is 0 Å². The lowest BCUT2D eigenvalue weighted by Crippen LogP contribution is -2.06. The van der Waals surface area contributed by atoms with Gasteiger partial charge >= 0.3 is 5.97 Å². The Hall–Kier alpha value is -3.08. The number of carbonyl (C=O) groups is 1. The summed E-state index contributed by atoms with van der Waals surface area (Å²) in [5, 5.41) is 12.0. The van der Waals surface area contributed by atoms with E-state index in [4.69, 9.17) is 9.84 Å². The van der Waals surface area contributed by atoms with Crippen LogP contribution in [0.5, 0.6) is 5.75 Å². The van der Waals surface area contributed by atoms with Crippen molar-refractivity contribution < 1.29 is 14.6 Å². The molecule has 0 saturated heterocycles. The van der Waals surface area contributed by atoms with Crippen LogP contribution in [-0.2, 0) is 17.8 Å². The summed E-state index contributed by atoms with van der Waals surface area (Å²) in [6, 6.07) is 15.9. The van der Waals surface area contributed by atoms with E-state index >= 15 is 0 Å². The predicted molar refractivity (Wildman–Crippen MR) is 127 cm³/mol. The van der Waals surface area contributed by atoms with E-state index in [9.17, 15) is 4.79 Å². The van der Waals surface area contributed by atoms with Gasteiger partial charge in [0.2, 0.25) is 0 Å². The molecule has 0 heterocycles. The van der Waals surface area contributed by atoms with Crippen molar-refractivity contribution in [3.8, 4) is 5.75 Å². The van der Waals surface area contributed by atoms with E-state index in [1.807, 2.05) is 54.7 Å². The highest BCUT2D eigenvalue weighted by molar-refractivity contribution is 5.68. The molecule has 0 unspecified atom stereocenters. The summed E-state index contributed by atoms with van der Waals surface area (Å²) >= 11 is 0. The first-order valence-corrected chi connectivity index (χ1v) is 11.1. The lowest BCUT2D eigenvalue weighted by molar-refractivity contribution is -0.136. The molecule has 31 heavy (non-hydrogen) atoms. The molecule has 0 aliphatic carbocycles. The van der Waals surface area contributed by atoms with Crippen LogP contribution in [-0.4, -0.2) is 24.4 Å². The molecule has 0 radical (unpaired) electrons. The first-order chi connectivity index (χ1) is 15.1. The van der Waals surface area contributed by atoms with E-state index in [2.05, 4.69) is 24.0 Å². The fourth-order valence-corrected chi connectivity index (χ4v) is 3.18. The normalized spacial score (nSPS) is 11.2. The fourth-order valence-electron chi connectivity index (χ4n) is 3.18. The van der Waals surface area contributed by atoms with E-state index < -0.39 is 5.97 Å². The second-order valence-electron chi connectivity index (χ2n) is 7.57. The molecule has 5 heteroatoms. The van der Waals surface area contributed by atoms with Crippen molar-refractivity contribution in [1.29, 1.82) is 0 Å². The van der Waals surface area contributed by atoms with Crippen LogP contribution in [0.3, 0.4) is 0 Å². The maximum atomic E-state index is 10.7. The summed E-state index contributed by atoms with van der Waals surface area (Å²) < 4.78 is 5.82. The smallest absolute Gasteiger partial charge is 0.303 e. The molecule has 166 valence electrons. The number of aliphatic imine (C=N–C) groups is 1. The van der Waals surface area contributed by atoms with Gasteiger partial charge in [0.05, 0.1) is 12.3 Å². The minimum atomic E-state index is -0.776. The number of hydrogen-bond acceptors (Lipinski definition) is 4. The van der Waals surface area contributed by atoms with Crippen LogP contribution in [0.2, 0.25) is 0 Å². The van der Waals surface area contributed by atoms with Gasteiger partial charge in [0.1, 0.15) is 5.75 Å². The van der Waals surface area contributed by atoms with Crippen LogP contribution in [0.15, 0.2) is 59.7 Å². The van der Waals surface area contributed by atoms with Gasteiger partial charge < -0.3 is 15.2 Å². The molecule has 2 N–H and O–H groups in total. The van der Waals surface area contributed by atoms with Gasteiger partial charge in [-0.25, -0.2) is 0 Å². The van der Waals surface area contributed by atoms with Gasteiger partial charge in [0.25, 0.3) is 0 Å². The Labute approximate surface area is 185 Å². The second-order valence-corrected chi connectivity index (χ2v) is 7.57. The summed E-state index contributed by atoms with van der Waals surface area (Å²) in [7, 11) is 0. The highest BCUT2D eigenvalue weighted by atomic mass is 16.5. The molecule has 0 aliphatic rings. The lowest BCUT2D eigenvalue weighted by Gasteiger charge is -2.08. The quantitative estimate of drug-likeness (QED) is 0.279. The third-order valence-electron chi connectivity index (χ3n) is 5.03. The molecule has 0 aromatic heterocycles. The van der Waals surface area contributed by atoms with E-state index in [1.54, 1.807) is 0 Å². The Bertz CT molecular complexity index is 827. The largest absolute Gasteiger partial charge is 0.494 e. The number of nitrogens with one attached hydrogen (secondary N) is 1. The van der Waals surface area contributed by atoms with Gasteiger partial charge in [0, 0.05) is 24.7 Å². The molecule has 0 atom stereocenters. The minimum Gasteiger partial charge on any atom is -0.494 e. The molecule has 0 amide bonds. The number of ether oxygens (including phenoxy) is 1. The zero-order chi connectivity index (χ0) is 22.3. The van der Waals surface area contributed by atoms with Crippen molar-refractivity contribution in [3.63, 3.8) is 0 Å². The Kier molecular flexibility index (Phi) is 10.9. The highest BCUT2D eigenvalue weighted by Crippen LogP contribution is 2.19. The summed E-state index contributed by atoms with van der Waals surface area (Å²) in [5.41, 5.74) is 3.88. The first-order valence-electron chi connectivity index (χ1n) is 11.1. The zero-order valence-corrected chi connectivity index (χ0v) is 18.5. The van der Waals surface area contributed by atoms with Crippen LogP contribution in [0.25, 0.3) is 5.70 Å². The molecule has 0 bridgehead atoms. The summed E-state index contributed by atoms with van der Waals surface area (Å²) in [4.78, 5) is 14.8. The van der Waals surface area contributed by atoms with E-state index in [0.717, 1.165) is 41.2 Å². The van der Waals surface area contributed by atoms with Gasteiger partial charge in [0.15, 0.2) is 0 Å². The van der Waals surface area contributed by atoms with Crippen LogP contribution in [0, 0.1) is 0 Å². The van der Waals surface area contributed by atoms with Crippen molar-refractivity contribution in [1.82, 2.24) is 5.32 Å². The molecular weight excluding hydrogens is 388 g/mol. The number of rotatable bonds is 15. The summed E-state index contributed by atoms with van der Waals surface area (Å²) in [6.45, 7) is 7.30. The number of aryl methyl sites for hydroxylation is 1. The third-order valence-corrected chi connectivity index (χ3v) is 5.03. The van der Waals surface area contributed by atoms with Gasteiger partial charge in [-0.05, 0) is 55.0 Å². The molecule has 2 aromatic carbocycles. The summed E-state index contributed by atoms with van der Waals surface area (Å²) in [5.74, 6) is 0.0981. The topological polar surface area (TPSA) is 70.9 Å². The third kappa shape index (κ3) is 9.51. The Morgan fingerprint density at radius 3 is 2.35 bits per heavy atom. The average molecular weight is 423 g/mol. The van der Waals surface area contributed by atoms with Crippen molar-refractivity contribution in [3.05, 3.63) is 71.4 Å². The fraction of sp³-hybridized carbons (Fsp3) is 0.385. The lowest BCUT2D eigenvalue weighted by atomic mass is 10.1. The standard InChI is InChI=1S/C26H34N2O3/c1-3-4-5-6-7-18-31-24-15-13-23(14-16-24)25(27-2)20-28-19-22-10-8-21(9-11-22)12-17-26(29)30/h8-11,13-16,20,28H,2-7,12,17-19H2,1H3,(H,29,30)/b25-20-. The molecular formula is C26H34N2O3. The van der Waals surface area contributed by atoms with Crippen molar-refractivity contribution >= 4 is 18.4 Å². The van der Waals surface area contributed by atoms with Crippen molar-refractivity contribution in [2.75, 3.05) is 6.61 Å². The van der Waals surface area contributed by atoms with Gasteiger partial charge in [-0.3, -0.25) is 9.79 Å². The SMILES string of the molecule is C=N/C(=C\NCc1ccc(CCC(=O)O)cc1)c1ccc(OCCCCCCC)cc1. The van der Waals surface area contributed by atoms with Crippen LogP contribution >= 0.6 is 0 Å². The number of carboxylic acid groups (broad SMARTS) is 1. The Morgan fingerprint density at radius 2 is 1.71 bits per heavy atom. The van der Waals surface area contributed by atoms with Gasteiger partial charge in [-0.1, -0.05) is 56.9 Å². The van der Waals surface area contributed by atoms with Gasteiger partial charge in [-0.15, -0.1) is 0 Å². The predicted octanol–water partition coefficient (Wildman–Crippen LogP) is 5.84. The molecule has 0 spiro atoms. The highest BCUT2D eigenvalue weighted by Gasteiger charge is 2.02. The number of hydrogen-bond donors (Lipinski definition) is 2. The average Bonchev–Trinajstić information content (AvgIpc) is 2.79. The van der Waals surface area contributed by atoms with Crippen molar-refractivity contribution in [2.24, 2.45) is 4.99 Å². The summed E-state index contributed by atoms with van der Waals surface area (Å²) in [6.07, 6.45) is 8.69. The Morgan fingerprint density at radius 1 is 1.03 bits per heavy atom. The number of benzene rings is 2. The van der Waals surface area contributed by atoms with E-state index in [-0.39, 0.29) is 6.42 Å². The molecule has 0 fully saturated rings. The number of carboxylic acids is 1.